The molecule has 0 atom stereocenters. The maximum absolute atomic E-state index is 12.7. The van der Waals surface area contributed by atoms with Crippen LogP contribution in [0.1, 0.15) is 142 Å². The van der Waals surface area contributed by atoms with Gasteiger partial charge >= 0.3 is 0 Å². The van der Waals surface area contributed by atoms with E-state index in [2.05, 4.69) is 29.4 Å². The summed E-state index contributed by atoms with van der Waals surface area (Å²) in [4.78, 5) is -0.127. The summed E-state index contributed by atoms with van der Waals surface area (Å²) in [6.07, 6.45) is 23.7. The standard InChI is InChI=1S/C30H55N2O4S2/c1-3-5-7-9-11-13-15-17-19-21-26-31-37(33,34)29-24-23-25-30(28-29)38(35,36)32-27-22-20-18-16-14-12-10-8-6-4-2/h24-25,28,31-32H,3-22,26-27H2,1-2H3. The highest BCUT2D eigenvalue weighted by molar-refractivity contribution is 7.90. The van der Waals surface area contributed by atoms with E-state index in [0.717, 1.165) is 38.5 Å². The van der Waals surface area contributed by atoms with Gasteiger partial charge in [-0.05, 0) is 37.1 Å². The van der Waals surface area contributed by atoms with Gasteiger partial charge < -0.3 is 0 Å². The Hall–Kier alpha value is -0.960. The van der Waals surface area contributed by atoms with E-state index in [1.54, 1.807) is 0 Å². The third-order valence-electron chi connectivity index (χ3n) is 7.00. The van der Waals surface area contributed by atoms with Crippen LogP contribution in [0.3, 0.4) is 0 Å². The molecule has 0 unspecified atom stereocenters. The molecule has 0 spiro atoms. The maximum atomic E-state index is 12.7. The Morgan fingerprint density at radius 2 is 0.789 bits per heavy atom. The first-order valence-electron chi connectivity index (χ1n) is 15.3. The molecule has 0 amide bonds. The molecule has 0 fully saturated rings. The van der Waals surface area contributed by atoms with Crippen molar-refractivity contribution in [3.05, 3.63) is 24.3 Å². The summed E-state index contributed by atoms with van der Waals surface area (Å²) in [6.45, 7) is 5.16. The quantitative estimate of drug-likeness (QED) is 0.111. The SMILES string of the molecule is CCCCCCCCCCCCNS(=O)(=O)c1c[c]cc(S(=O)(=O)NCCCCCCCCCCCC)c1. The molecule has 0 aliphatic carbocycles. The van der Waals surface area contributed by atoms with Gasteiger partial charge in [-0.25, -0.2) is 26.3 Å². The number of rotatable bonds is 26. The molecule has 0 aliphatic rings. The summed E-state index contributed by atoms with van der Waals surface area (Å²) in [5.41, 5.74) is 0. The lowest BCUT2D eigenvalue weighted by molar-refractivity contribution is 0.548. The summed E-state index contributed by atoms with van der Waals surface area (Å²) in [7, 11) is -7.54. The Bertz CT molecular complexity index is 847. The Balaban J connectivity index is 2.28. The molecule has 0 heterocycles. The van der Waals surface area contributed by atoms with Gasteiger partial charge in [0.05, 0.1) is 9.79 Å². The lowest BCUT2D eigenvalue weighted by Gasteiger charge is -2.10. The van der Waals surface area contributed by atoms with E-state index in [1.165, 1.54) is 108 Å². The van der Waals surface area contributed by atoms with Crippen LogP contribution in [0.25, 0.3) is 0 Å². The van der Waals surface area contributed by atoms with Gasteiger partial charge in [0.2, 0.25) is 20.0 Å². The van der Waals surface area contributed by atoms with Gasteiger partial charge in [-0.2, -0.15) is 0 Å². The number of unbranched alkanes of at least 4 members (excludes halogenated alkanes) is 18. The second-order valence-corrected chi connectivity index (χ2v) is 14.1. The molecular weight excluding hydrogens is 516 g/mol. The van der Waals surface area contributed by atoms with Crippen molar-refractivity contribution in [2.45, 2.75) is 152 Å². The fraction of sp³-hybridized carbons (Fsp3) is 0.800. The predicted molar refractivity (Wildman–Crippen MR) is 159 cm³/mol. The Labute approximate surface area is 235 Å². The smallest absolute Gasteiger partial charge is 0.211 e. The maximum Gasteiger partial charge on any atom is 0.240 e. The van der Waals surface area contributed by atoms with Crippen LogP contribution < -0.4 is 9.44 Å². The monoisotopic (exact) mass is 571 g/mol. The van der Waals surface area contributed by atoms with Gasteiger partial charge in [-0.3, -0.25) is 0 Å². The van der Waals surface area contributed by atoms with E-state index in [-0.39, 0.29) is 9.79 Å². The van der Waals surface area contributed by atoms with E-state index in [1.807, 2.05) is 0 Å². The van der Waals surface area contributed by atoms with Crippen LogP contribution in [0.15, 0.2) is 28.0 Å². The highest BCUT2D eigenvalue weighted by atomic mass is 32.2. The van der Waals surface area contributed by atoms with Crippen molar-refractivity contribution in [3.8, 4) is 0 Å². The zero-order valence-corrected chi connectivity index (χ0v) is 25.9. The van der Waals surface area contributed by atoms with E-state index in [4.69, 9.17) is 0 Å². The topological polar surface area (TPSA) is 92.3 Å². The molecule has 6 nitrogen and oxygen atoms in total. The van der Waals surface area contributed by atoms with Crippen molar-refractivity contribution < 1.29 is 16.8 Å². The zero-order chi connectivity index (χ0) is 28.0. The Kier molecular flexibility index (Phi) is 20.1. The first kappa shape index (κ1) is 35.1. The zero-order valence-electron chi connectivity index (χ0n) is 24.2. The Morgan fingerprint density at radius 1 is 0.500 bits per heavy atom. The van der Waals surface area contributed by atoms with Crippen LogP contribution in [-0.4, -0.2) is 29.9 Å². The van der Waals surface area contributed by atoms with Gasteiger partial charge in [0.1, 0.15) is 0 Å². The van der Waals surface area contributed by atoms with E-state index in [9.17, 15) is 16.8 Å². The second-order valence-electron chi connectivity index (χ2n) is 10.6. The summed E-state index contributed by atoms with van der Waals surface area (Å²) < 4.78 is 56.0. The molecule has 0 saturated heterocycles. The van der Waals surface area contributed by atoms with Crippen LogP contribution in [0.5, 0.6) is 0 Å². The van der Waals surface area contributed by atoms with Crippen molar-refractivity contribution in [2.75, 3.05) is 13.1 Å². The fourth-order valence-corrected chi connectivity index (χ4v) is 6.79. The minimum atomic E-state index is -3.77. The van der Waals surface area contributed by atoms with Crippen LogP contribution in [0.4, 0.5) is 0 Å². The highest BCUT2D eigenvalue weighted by Crippen LogP contribution is 2.16. The van der Waals surface area contributed by atoms with E-state index in [0.29, 0.717) is 13.1 Å². The summed E-state index contributed by atoms with van der Waals surface area (Å²) in [5.74, 6) is 0. The summed E-state index contributed by atoms with van der Waals surface area (Å²) in [6, 6.07) is 6.55. The molecule has 8 heteroatoms. The first-order valence-corrected chi connectivity index (χ1v) is 18.3. The largest absolute Gasteiger partial charge is 0.240 e. The fourth-order valence-electron chi connectivity index (χ4n) is 4.54. The normalized spacial score (nSPS) is 12.3. The van der Waals surface area contributed by atoms with E-state index < -0.39 is 20.0 Å². The molecule has 0 saturated carbocycles. The third kappa shape index (κ3) is 16.9. The van der Waals surface area contributed by atoms with Crippen LogP contribution in [0.2, 0.25) is 0 Å². The van der Waals surface area contributed by atoms with Crippen LogP contribution in [0, 0.1) is 6.07 Å². The molecule has 1 rings (SSSR count). The minimum absolute atomic E-state index is 0.0635. The average Bonchev–Trinajstić information content (AvgIpc) is 2.90. The molecule has 0 aliphatic heterocycles. The van der Waals surface area contributed by atoms with Crippen molar-refractivity contribution in [1.82, 2.24) is 9.44 Å². The highest BCUT2D eigenvalue weighted by Gasteiger charge is 2.19. The molecule has 2 N–H and O–H groups in total. The second kappa shape index (κ2) is 21.8. The van der Waals surface area contributed by atoms with E-state index >= 15 is 0 Å². The van der Waals surface area contributed by atoms with Crippen LogP contribution >= 0.6 is 0 Å². The van der Waals surface area contributed by atoms with Crippen LogP contribution in [-0.2, 0) is 20.0 Å². The van der Waals surface area contributed by atoms with Gasteiger partial charge in [0.25, 0.3) is 0 Å². The van der Waals surface area contributed by atoms with Crippen molar-refractivity contribution in [1.29, 1.82) is 0 Å². The molecule has 1 aromatic carbocycles. The minimum Gasteiger partial charge on any atom is -0.211 e. The predicted octanol–water partition coefficient (Wildman–Crippen LogP) is 7.89. The third-order valence-corrected chi connectivity index (χ3v) is 9.88. The van der Waals surface area contributed by atoms with Gasteiger partial charge in [-0.1, -0.05) is 129 Å². The molecular formula is C30H55N2O4S2. The van der Waals surface area contributed by atoms with Crippen molar-refractivity contribution >= 4 is 20.0 Å². The molecule has 1 radical (unpaired) electrons. The number of benzene rings is 1. The van der Waals surface area contributed by atoms with Gasteiger partial charge in [-0.15, -0.1) is 0 Å². The molecule has 1 aromatic rings. The van der Waals surface area contributed by atoms with Crippen molar-refractivity contribution in [3.63, 3.8) is 0 Å². The average molecular weight is 572 g/mol. The first-order chi connectivity index (χ1) is 18.3. The molecule has 0 aromatic heterocycles. The number of hydrogen-bond donors (Lipinski definition) is 2. The number of hydrogen-bond acceptors (Lipinski definition) is 4. The Morgan fingerprint density at radius 3 is 1.11 bits per heavy atom. The molecule has 221 valence electrons. The number of sulfonamides is 2. The van der Waals surface area contributed by atoms with Gasteiger partial charge in [0.15, 0.2) is 0 Å². The molecule has 0 bridgehead atoms. The summed E-state index contributed by atoms with van der Waals surface area (Å²) in [5, 5.41) is 0. The lowest BCUT2D eigenvalue weighted by atomic mass is 10.1. The number of nitrogens with one attached hydrogen (secondary N) is 2. The van der Waals surface area contributed by atoms with Crippen molar-refractivity contribution in [2.24, 2.45) is 0 Å². The summed E-state index contributed by atoms with van der Waals surface area (Å²) >= 11 is 0. The molecule has 38 heavy (non-hydrogen) atoms. The van der Waals surface area contributed by atoms with Gasteiger partial charge in [0, 0.05) is 13.1 Å². The lowest BCUT2D eigenvalue weighted by Crippen LogP contribution is -2.27.